The first-order valence-corrected chi connectivity index (χ1v) is 20.9. The van der Waals surface area contributed by atoms with Gasteiger partial charge in [0.25, 0.3) is 0 Å². The molecule has 0 heterocycles. The summed E-state index contributed by atoms with van der Waals surface area (Å²) >= 11 is 0. The van der Waals surface area contributed by atoms with E-state index in [1.165, 1.54) is 84.8 Å². The second-order valence-corrected chi connectivity index (χ2v) is 16.4. The van der Waals surface area contributed by atoms with Crippen LogP contribution in [0.5, 0.6) is 0 Å². The molecule has 1 spiro atoms. The number of benzene rings is 7. The van der Waals surface area contributed by atoms with Crippen molar-refractivity contribution >= 4 is 33.4 Å². The van der Waals surface area contributed by atoms with Gasteiger partial charge in [0.2, 0.25) is 0 Å². The maximum atomic E-state index is 4.83. The van der Waals surface area contributed by atoms with E-state index in [0.29, 0.717) is 11.8 Å². The third kappa shape index (κ3) is 5.83. The summed E-state index contributed by atoms with van der Waals surface area (Å²) in [6, 6.07) is 58.9. The number of anilines is 3. The SMILES string of the molecule is C=C1CC(CC)CC(C)C12c1ccccc1-c1cc(-c3ccc(N(c4ccc(C5=CCCC=C5)cc4)c4ccc(-c5ccccc5)cc4)c4ccccc34)ccc12. The molecule has 0 N–H and O–H groups in total. The standard InChI is InChI=1S/C56H49N/c1-4-40-35-38(2)56(39(3)36-40)53-22-14-13-20-50(53)52-37-45(27-33-54(52)56)48-32-34-55(51-21-12-11-19-49(48)51)57(46-28-23-43(24-29-46)41-15-7-5-8-16-41)47-30-25-44(26-31-47)42-17-9-6-10-18-42/h5,7-9,11-34,37,39-40H,2,4,6,10,35-36H2,1,3H3. The Balaban J connectivity index is 1.10. The first kappa shape index (κ1) is 35.2. The predicted octanol–water partition coefficient (Wildman–Crippen LogP) is 15.7. The smallest absolute Gasteiger partial charge is 0.0540 e. The Morgan fingerprint density at radius 1 is 0.596 bits per heavy atom. The molecule has 0 radical (unpaired) electrons. The molecule has 1 saturated carbocycles. The van der Waals surface area contributed by atoms with Crippen molar-refractivity contribution in [3.63, 3.8) is 0 Å². The van der Waals surface area contributed by atoms with Crippen molar-refractivity contribution in [3.8, 4) is 33.4 Å². The van der Waals surface area contributed by atoms with E-state index in [1.807, 2.05) is 0 Å². The summed E-state index contributed by atoms with van der Waals surface area (Å²) in [5, 5.41) is 2.47. The second-order valence-electron chi connectivity index (χ2n) is 16.4. The van der Waals surface area contributed by atoms with Crippen LogP contribution in [0.1, 0.15) is 62.6 Å². The average molecular weight is 736 g/mol. The van der Waals surface area contributed by atoms with Gasteiger partial charge in [0.05, 0.1) is 5.69 Å². The van der Waals surface area contributed by atoms with Gasteiger partial charge in [-0.3, -0.25) is 0 Å². The first-order valence-electron chi connectivity index (χ1n) is 20.9. The van der Waals surface area contributed by atoms with E-state index in [1.54, 1.807) is 0 Å². The van der Waals surface area contributed by atoms with Crippen LogP contribution >= 0.6 is 0 Å². The highest BCUT2D eigenvalue weighted by Crippen LogP contribution is 2.61. The van der Waals surface area contributed by atoms with Gasteiger partial charge in [-0.05, 0) is 135 Å². The van der Waals surface area contributed by atoms with Crippen LogP contribution in [0.15, 0.2) is 188 Å². The molecule has 57 heavy (non-hydrogen) atoms. The summed E-state index contributed by atoms with van der Waals surface area (Å²) in [4.78, 5) is 2.43. The highest BCUT2D eigenvalue weighted by atomic mass is 15.1. The molecule has 1 fully saturated rings. The fourth-order valence-corrected chi connectivity index (χ4v) is 10.5. The first-order chi connectivity index (χ1) is 28.0. The summed E-state index contributed by atoms with van der Waals surface area (Å²) in [6.07, 6.45) is 12.7. The number of hydrogen-bond acceptors (Lipinski definition) is 1. The minimum Gasteiger partial charge on any atom is -0.310 e. The molecule has 0 saturated heterocycles. The molecule has 7 aromatic rings. The highest BCUT2D eigenvalue weighted by molar-refractivity contribution is 6.07. The van der Waals surface area contributed by atoms with Crippen LogP contribution < -0.4 is 4.90 Å². The lowest BCUT2D eigenvalue weighted by Gasteiger charge is -2.46. The lowest BCUT2D eigenvalue weighted by molar-refractivity contribution is 0.248. The van der Waals surface area contributed by atoms with Gasteiger partial charge in [-0.25, -0.2) is 0 Å². The molecule has 0 aromatic heterocycles. The maximum Gasteiger partial charge on any atom is 0.0540 e. The largest absolute Gasteiger partial charge is 0.310 e. The molecule has 7 aromatic carbocycles. The van der Waals surface area contributed by atoms with Crippen molar-refractivity contribution in [3.05, 3.63) is 205 Å². The van der Waals surface area contributed by atoms with Gasteiger partial charge in [0.15, 0.2) is 0 Å². The van der Waals surface area contributed by atoms with Gasteiger partial charge in [-0.15, -0.1) is 0 Å². The Kier molecular flexibility index (Phi) is 8.90. The fourth-order valence-electron chi connectivity index (χ4n) is 10.5. The van der Waals surface area contributed by atoms with E-state index < -0.39 is 0 Å². The van der Waals surface area contributed by atoms with E-state index in [4.69, 9.17) is 6.58 Å². The molecule has 1 nitrogen and oxygen atoms in total. The zero-order chi connectivity index (χ0) is 38.5. The lowest BCUT2D eigenvalue weighted by Crippen LogP contribution is -2.40. The van der Waals surface area contributed by atoms with Gasteiger partial charge < -0.3 is 4.90 Å². The number of rotatable bonds is 7. The third-order valence-corrected chi connectivity index (χ3v) is 13.3. The zero-order valence-corrected chi connectivity index (χ0v) is 33.1. The fraction of sp³-hybridized carbons (Fsp3) is 0.179. The van der Waals surface area contributed by atoms with Crippen molar-refractivity contribution in [2.75, 3.05) is 4.90 Å². The van der Waals surface area contributed by atoms with Crippen LogP contribution in [-0.2, 0) is 5.41 Å². The molecule has 278 valence electrons. The van der Waals surface area contributed by atoms with Gasteiger partial charge in [-0.2, -0.15) is 0 Å². The Hall–Kier alpha value is -6.18. The number of fused-ring (bicyclic) bond motifs is 6. The Bertz CT molecular complexity index is 2690. The molecule has 0 amide bonds. The quantitative estimate of drug-likeness (QED) is 0.147. The molecule has 0 aliphatic heterocycles. The van der Waals surface area contributed by atoms with E-state index in [9.17, 15) is 0 Å². The van der Waals surface area contributed by atoms with Crippen LogP contribution in [0.25, 0.3) is 49.7 Å². The number of allylic oxidation sites excluding steroid dienone is 5. The topological polar surface area (TPSA) is 3.24 Å². The van der Waals surface area contributed by atoms with Crippen molar-refractivity contribution in [1.82, 2.24) is 0 Å². The van der Waals surface area contributed by atoms with Gasteiger partial charge in [0, 0.05) is 22.2 Å². The summed E-state index contributed by atoms with van der Waals surface area (Å²) in [6.45, 7) is 9.64. The minimum atomic E-state index is -0.127. The van der Waals surface area contributed by atoms with Crippen molar-refractivity contribution in [1.29, 1.82) is 0 Å². The maximum absolute atomic E-state index is 4.83. The van der Waals surface area contributed by atoms with Crippen LogP contribution in [0, 0.1) is 11.8 Å². The second kappa shape index (κ2) is 14.4. The molecular formula is C56H49N. The summed E-state index contributed by atoms with van der Waals surface area (Å²) in [5.41, 5.74) is 17.8. The Labute approximate surface area is 338 Å². The molecule has 3 aliphatic rings. The van der Waals surface area contributed by atoms with E-state index in [2.05, 4.69) is 195 Å². The van der Waals surface area contributed by atoms with Crippen LogP contribution in [0.4, 0.5) is 17.1 Å². The van der Waals surface area contributed by atoms with Gasteiger partial charge in [0.1, 0.15) is 0 Å². The van der Waals surface area contributed by atoms with Gasteiger partial charge in [-0.1, -0.05) is 172 Å². The van der Waals surface area contributed by atoms with E-state index in [0.717, 1.165) is 36.3 Å². The zero-order valence-electron chi connectivity index (χ0n) is 33.1. The van der Waals surface area contributed by atoms with Crippen molar-refractivity contribution in [2.24, 2.45) is 11.8 Å². The third-order valence-electron chi connectivity index (χ3n) is 13.3. The lowest BCUT2D eigenvalue weighted by atomic mass is 9.57. The molecular weight excluding hydrogens is 687 g/mol. The summed E-state index contributed by atoms with van der Waals surface area (Å²) in [7, 11) is 0. The number of hydrogen-bond donors (Lipinski definition) is 0. The Morgan fingerprint density at radius 3 is 1.96 bits per heavy atom. The monoisotopic (exact) mass is 735 g/mol. The van der Waals surface area contributed by atoms with Gasteiger partial charge >= 0.3 is 0 Å². The summed E-state index contributed by atoms with van der Waals surface area (Å²) in [5.74, 6) is 1.21. The minimum absolute atomic E-state index is 0.127. The Morgan fingerprint density at radius 2 is 1.25 bits per heavy atom. The molecule has 1 heteroatoms. The molecule has 0 bridgehead atoms. The summed E-state index contributed by atoms with van der Waals surface area (Å²) < 4.78 is 0. The van der Waals surface area contributed by atoms with Crippen LogP contribution in [0.2, 0.25) is 0 Å². The molecule has 3 unspecified atom stereocenters. The van der Waals surface area contributed by atoms with Crippen molar-refractivity contribution in [2.45, 2.75) is 51.4 Å². The normalized spacial score (nSPS) is 19.7. The average Bonchev–Trinajstić information content (AvgIpc) is 3.57. The van der Waals surface area contributed by atoms with E-state index >= 15 is 0 Å². The number of nitrogens with zero attached hydrogens (tertiary/aromatic N) is 1. The highest BCUT2D eigenvalue weighted by Gasteiger charge is 2.51. The molecule has 3 aliphatic carbocycles. The molecule has 3 atom stereocenters. The van der Waals surface area contributed by atoms with Crippen LogP contribution in [0.3, 0.4) is 0 Å². The molecule has 10 rings (SSSR count). The van der Waals surface area contributed by atoms with Crippen LogP contribution in [-0.4, -0.2) is 0 Å². The van der Waals surface area contributed by atoms with E-state index in [-0.39, 0.29) is 5.41 Å². The van der Waals surface area contributed by atoms with Crippen molar-refractivity contribution < 1.29 is 0 Å². The predicted molar refractivity (Wildman–Crippen MR) is 243 cm³/mol.